The van der Waals surface area contributed by atoms with E-state index in [0.717, 1.165) is 29.7 Å². The minimum absolute atomic E-state index is 0.412. The third-order valence-corrected chi connectivity index (χ3v) is 3.27. The van der Waals surface area contributed by atoms with Gasteiger partial charge in [-0.3, -0.25) is 0 Å². The first-order valence-corrected chi connectivity index (χ1v) is 7.54. The van der Waals surface area contributed by atoms with Crippen LogP contribution in [0.4, 0.5) is 17.3 Å². The first-order valence-electron chi connectivity index (χ1n) is 7.54. The van der Waals surface area contributed by atoms with Crippen LogP contribution < -0.4 is 10.6 Å². The van der Waals surface area contributed by atoms with Gasteiger partial charge in [-0.25, -0.2) is 9.97 Å². The number of aromatic nitrogens is 2. The quantitative estimate of drug-likeness (QED) is 0.788. The van der Waals surface area contributed by atoms with E-state index in [1.807, 2.05) is 30.3 Å². The molecule has 1 aromatic carbocycles. The fourth-order valence-electron chi connectivity index (χ4n) is 2.04. The molecule has 2 N–H and O–H groups in total. The van der Waals surface area contributed by atoms with Crippen molar-refractivity contribution in [2.75, 3.05) is 10.6 Å². The summed E-state index contributed by atoms with van der Waals surface area (Å²) in [7, 11) is 0. The van der Waals surface area contributed by atoms with Gasteiger partial charge < -0.3 is 10.6 Å². The summed E-state index contributed by atoms with van der Waals surface area (Å²) in [6, 6.07) is 10.4. The van der Waals surface area contributed by atoms with Crippen LogP contribution in [0.15, 0.2) is 42.7 Å². The number of nitrogens with one attached hydrogen (secondary N) is 2. The van der Waals surface area contributed by atoms with E-state index in [-0.39, 0.29) is 0 Å². The Morgan fingerprint density at radius 1 is 0.905 bits per heavy atom. The van der Waals surface area contributed by atoms with E-state index in [4.69, 9.17) is 0 Å². The number of rotatable bonds is 7. The lowest BCUT2D eigenvalue weighted by Gasteiger charge is -2.15. The minimum Gasteiger partial charge on any atom is -0.366 e. The molecule has 1 atom stereocenters. The second kappa shape index (κ2) is 7.62. The van der Waals surface area contributed by atoms with Crippen molar-refractivity contribution in [3.8, 4) is 0 Å². The van der Waals surface area contributed by atoms with E-state index in [2.05, 4.69) is 41.4 Å². The average molecular weight is 284 g/mol. The van der Waals surface area contributed by atoms with E-state index in [1.54, 1.807) is 12.4 Å². The van der Waals surface area contributed by atoms with Crippen molar-refractivity contribution >= 4 is 17.3 Å². The zero-order chi connectivity index (χ0) is 15.1. The Morgan fingerprint density at radius 2 is 1.57 bits per heavy atom. The van der Waals surface area contributed by atoms with Gasteiger partial charge >= 0.3 is 0 Å². The molecule has 0 amide bonds. The normalized spacial score (nSPS) is 12.2. The Hall–Kier alpha value is -2.10. The molecule has 0 aliphatic heterocycles. The van der Waals surface area contributed by atoms with Gasteiger partial charge in [-0.1, -0.05) is 32.0 Å². The molecule has 0 saturated heterocycles. The van der Waals surface area contributed by atoms with Gasteiger partial charge in [0.05, 0.1) is 12.4 Å². The zero-order valence-corrected chi connectivity index (χ0v) is 13.0. The van der Waals surface area contributed by atoms with Crippen LogP contribution in [0.25, 0.3) is 0 Å². The van der Waals surface area contributed by atoms with Crippen LogP contribution in [0, 0.1) is 5.92 Å². The molecule has 1 aromatic heterocycles. The van der Waals surface area contributed by atoms with E-state index in [0.29, 0.717) is 6.04 Å². The fraction of sp³-hybridized carbons (Fsp3) is 0.412. The maximum atomic E-state index is 4.41. The molecule has 0 saturated carbocycles. The molecule has 0 aliphatic rings. The lowest BCUT2D eigenvalue weighted by atomic mass is 10.0. The molecule has 0 spiro atoms. The lowest BCUT2D eigenvalue weighted by Crippen LogP contribution is -2.16. The smallest absolute Gasteiger partial charge is 0.149 e. The van der Waals surface area contributed by atoms with Crippen molar-refractivity contribution < 1.29 is 0 Å². The van der Waals surface area contributed by atoms with Crippen molar-refractivity contribution in [1.82, 2.24) is 9.97 Å². The van der Waals surface area contributed by atoms with Crippen molar-refractivity contribution in [1.29, 1.82) is 0 Å². The van der Waals surface area contributed by atoms with Crippen LogP contribution in [0.3, 0.4) is 0 Å². The van der Waals surface area contributed by atoms with E-state index in [1.165, 1.54) is 6.42 Å². The van der Waals surface area contributed by atoms with Crippen molar-refractivity contribution in [2.45, 2.75) is 39.7 Å². The number of benzene rings is 1. The van der Waals surface area contributed by atoms with E-state index < -0.39 is 0 Å². The number of anilines is 3. The van der Waals surface area contributed by atoms with Gasteiger partial charge in [-0.05, 0) is 37.8 Å². The summed E-state index contributed by atoms with van der Waals surface area (Å²) in [4.78, 5) is 8.79. The van der Waals surface area contributed by atoms with Crippen LogP contribution in [-0.2, 0) is 0 Å². The number of para-hydroxylation sites is 1. The second-order valence-corrected chi connectivity index (χ2v) is 5.79. The summed E-state index contributed by atoms with van der Waals surface area (Å²) in [5.41, 5.74) is 1.01. The lowest BCUT2D eigenvalue weighted by molar-refractivity contribution is 0.527. The molecule has 4 heteroatoms. The Labute approximate surface area is 127 Å². The first-order chi connectivity index (χ1) is 10.1. The van der Waals surface area contributed by atoms with Gasteiger partial charge in [0.25, 0.3) is 0 Å². The fourth-order valence-corrected chi connectivity index (χ4v) is 2.04. The molecule has 2 aromatic rings. The maximum absolute atomic E-state index is 4.41. The molecule has 0 fully saturated rings. The highest BCUT2D eigenvalue weighted by Gasteiger charge is 2.05. The molecule has 1 unspecified atom stereocenters. The van der Waals surface area contributed by atoms with Crippen LogP contribution in [0.2, 0.25) is 0 Å². The summed E-state index contributed by atoms with van der Waals surface area (Å²) >= 11 is 0. The van der Waals surface area contributed by atoms with Crippen LogP contribution >= 0.6 is 0 Å². The highest BCUT2D eigenvalue weighted by molar-refractivity contribution is 5.55. The predicted molar refractivity (Wildman–Crippen MR) is 88.9 cm³/mol. The van der Waals surface area contributed by atoms with E-state index >= 15 is 0 Å². The molecule has 1 heterocycles. The molecular formula is C17H24N4. The Kier molecular flexibility index (Phi) is 5.55. The predicted octanol–water partition coefficient (Wildman–Crippen LogP) is 4.46. The van der Waals surface area contributed by atoms with Gasteiger partial charge in [0.1, 0.15) is 11.6 Å². The summed E-state index contributed by atoms with van der Waals surface area (Å²) in [5, 5.41) is 6.61. The van der Waals surface area contributed by atoms with Gasteiger partial charge in [0, 0.05) is 11.7 Å². The summed E-state index contributed by atoms with van der Waals surface area (Å²) in [6.45, 7) is 6.67. The van der Waals surface area contributed by atoms with Crippen molar-refractivity contribution in [3.05, 3.63) is 42.7 Å². The van der Waals surface area contributed by atoms with Crippen molar-refractivity contribution in [2.24, 2.45) is 5.92 Å². The third kappa shape index (κ3) is 5.42. The summed E-state index contributed by atoms with van der Waals surface area (Å²) in [5.74, 6) is 2.31. The Balaban J connectivity index is 1.87. The van der Waals surface area contributed by atoms with Gasteiger partial charge in [-0.2, -0.15) is 0 Å². The number of hydrogen-bond donors (Lipinski definition) is 2. The highest BCUT2D eigenvalue weighted by atomic mass is 15.1. The average Bonchev–Trinajstić information content (AvgIpc) is 2.48. The standard InChI is InChI=1S/C17H24N4/c1-13(2)9-10-14(3)20-16-11-19-17(12-18-16)21-15-7-5-4-6-8-15/h4-8,11-14H,9-10H2,1-3H3,(H,18,20)(H,19,21). The van der Waals surface area contributed by atoms with Gasteiger partial charge in [0.2, 0.25) is 0 Å². The monoisotopic (exact) mass is 284 g/mol. The summed E-state index contributed by atoms with van der Waals surface area (Å²) in [6.07, 6.45) is 5.89. The molecular weight excluding hydrogens is 260 g/mol. The molecule has 0 bridgehead atoms. The molecule has 4 nitrogen and oxygen atoms in total. The largest absolute Gasteiger partial charge is 0.366 e. The Morgan fingerprint density at radius 3 is 2.19 bits per heavy atom. The minimum atomic E-state index is 0.412. The third-order valence-electron chi connectivity index (χ3n) is 3.27. The maximum Gasteiger partial charge on any atom is 0.149 e. The summed E-state index contributed by atoms with van der Waals surface area (Å²) < 4.78 is 0. The van der Waals surface area contributed by atoms with Gasteiger partial charge in [0.15, 0.2) is 0 Å². The van der Waals surface area contributed by atoms with E-state index in [9.17, 15) is 0 Å². The first kappa shape index (κ1) is 15.3. The molecule has 112 valence electrons. The molecule has 0 aliphatic carbocycles. The van der Waals surface area contributed by atoms with Crippen molar-refractivity contribution in [3.63, 3.8) is 0 Å². The molecule has 21 heavy (non-hydrogen) atoms. The van der Waals surface area contributed by atoms with Crippen LogP contribution in [0.5, 0.6) is 0 Å². The molecule has 0 radical (unpaired) electrons. The zero-order valence-electron chi connectivity index (χ0n) is 13.0. The molecule has 2 rings (SSSR count). The second-order valence-electron chi connectivity index (χ2n) is 5.79. The van der Waals surface area contributed by atoms with Crippen LogP contribution in [0.1, 0.15) is 33.6 Å². The van der Waals surface area contributed by atoms with Crippen LogP contribution in [-0.4, -0.2) is 16.0 Å². The Bertz CT molecular complexity index is 522. The van der Waals surface area contributed by atoms with Gasteiger partial charge in [-0.15, -0.1) is 0 Å². The SMILES string of the molecule is CC(C)CCC(C)Nc1cnc(Nc2ccccc2)cn1. The topological polar surface area (TPSA) is 49.8 Å². The number of nitrogens with zero attached hydrogens (tertiary/aromatic N) is 2. The number of hydrogen-bond acceptors (Lipinski definition) is 4. The highest BCUT2D eigenvalue weighted by Crippen LogP contribution is 2.15.